The van der Waals surface area contributed by atoms with Crippen LogP contribution in [-0.2, 0) is 4.74 Å². The van der Waals surface area contributed by atoms with Gasteiger partial charge in [0.15, 0.2) is 0 Å². The Hall–Kier alpha value is -1.00. The third-order valence-corrected chi connectivity index (χ3v) is 2.73. The average molecular weight is 223 g/mol. The lowest BCUT2D eigenvalue weighted by Crippen LogP contribution is -2.36. The monoisotopic (exact) mass is 223 g/mol. The molecule has 0 radical (unpaired) electrons. The van der Waals surface area contributed by atoms with E-state index >= 15 is 0 Å². The minimum atomic E-state index is -0.183. The minimum Gasteiger partial charge on any atom is -0.378 e. The molecule has 15 heavy (non-hydrogen) atoms. The first-order valence-corrected chi connectivity index (χ1v) is 5.39. The standard InChI is InChI=1S/C11H13NO2S/c13-11(15)9-3-1-2-4-10(9)12-5-7-14-8-6-12/h1-4H,5-8H2,(H,13,15). The summed E-state index contributed by atoms with van der Waals surface area (Å²) in [6.07, 6.45) is 0. The van der Waals surface area contributed by atoms with Crippen LogP contribution in [0, 0.1) is 0 Å². The normalized spacial score (nSPS) is 16.5. The summed E-state index contributed by atoms with van der Waals surface area (Å²) in [5.41, 5.74) is 1.63. The van der Waals surface area contributed by atoms with Crippen molar-refractivity contribution in [1.29, 1.82) is 0 Å². The molecular formula is C11H13NO2S. The average Bonchev–Trinajstić information content (AvgIpc) is 2.30. The molecule has 1 saturated heterocycles. The number of hydrogen-bond acceptors (Lipinski definition) is 3. The van der Waals surface area contributed by atoms with Gasteiger partial charge in [0, 0.05) is 18.8 Å². The molecule has 0 aromatic heterocycles. The number of carbonyl (C=O) groups excluding carboxylic acids is 1. The summed E-state index contributed by atoms with van der Waals surface area (Å²) in [7, 11) is 0. The van der Waals surface area contributed by atoms with Crippen LogP contribution in [0.2, 0.25) is 0 Å². The van der Waals surface area contributed by atoms with Crippen molar-refractivity contribution in [3.63, 3.8) is 0 Å². The molecule has 1 heterocycles. The molecule has 0 spiro atoms. The number of benzene rings is 1. The van der Waals surface area contributed by atoms with Crippen molar-refractivity contribution in [3.8, 4) is 0 Å². The van der Waals surface area contributed by atoms with Crippen LogP contribution in [0.5, 0.6) is 0 Å². The van der Waals surface area contributed by atoms with E-state index in [1.807, 2.05) is 18.2 Å². The second-order valence-electron chi connectivity index (χ2n) is 3.42. The predicted octanol–water partition coefficient (Wildman–Crippen LogP) is 1.59. The summed E-state index contributed by atoms with van der Waals surface area (Å²) in [5, 5.41) is -0.183. The SMILES string of the molecule is O=C(S)c1ccccc1N1CCOCC1. The van der Waals surface area contributed by atoms with Gasteiger partial charge >= 0.3 is 0 Å². The number of carbonyl (C=O) groups is 1. The number of ether oxygens (including phenoxy) is 1. The Morgan fingerprint density at radius 2 is 1.93 bits per heavy atom. The van der Waals surface area contributed by atoms with Gasteiger partial charge in [0.1, 0.15) is 0 Å². The summed E-state index contributed by atoms with van der Waals surface area (Å²) < 4.78 is 5.28. The Morgan fingerprint density at radius 3 is 2.60 bits per heavy atom. The molecule has 0 saturated carbocycles. The smallest absolute Gasteiger partial charge is 0.218 e. The zero-order valence-electron chi connectivity index (χ0n) is 8.35. The molecule has 0 atom stereocenters. The second-order valence-corrected chi connectivity index (χ2v) is 3.83. The van der Waals surface area contributed by atoms with E-state index in [0.717, 1.165) is 32.0 Å². The lowest BCUT2D eigenvalue weighted by Gasteiger charge is -2.30. The van der Waals surface area contributed by atoms with E-state index in [9.17, 15) is 4.79 Å². The first-order valence-electron chi connectivity index (χ1n) is 4.94. The fourth-order valence-electron chi connectivity index (χ4n) is 1.73. The summed E-state index contributed by atoms with van der Waals surface area (Å²) in [5.74, 6) is 0. The highest BCUT2D eigenvalue weighted by Gasteiger charge is 2.16. The molecule has 1 aromatic carbocycles. The molecule has 1 aromatic rings. The maximum atomic E-state index is 11.3. The third-order valence-electron chi connectivity index (χ3n) is 2.49. The van der Waals surface area contributed by atoms with Crippen molar-refractivity contribution in [1.82, 2.24) is 0 Å². The van der Waals surface area contributed by atoms with Gasteiger partial charge in [0.25, 0.3) is 0 Å². The Bertz CT molecular complexity index is 361. The van der Waals surface area contributed by atoms with E-state index < -0.39 is 0 Å². The number of thiol groups is 1. The maximum Gasteiger partial charge on any atom is 0.218 e. The van der Waals surface area contributed by atoms with E-state index in [-0.39, 0.29) is 5.12 Å². The van der Waals surface area contributed by atoms with Crippen molar-refractivity contribution in [2.24, 2.45) is 0 Å². The van der Waals surface area contributed by atoms with Crippen molar-refractivity contribution >= 4 is 23.4 Å². The number of nitrogens with zero attached hydrogens (tertiary/aromatic N) is 1. The molecule has 0 N–H and O–H groups in total. The molecule has 0 aliphatic carbocycles. The summed E-state index contributed by atoms with van der Waals surface area (Å²) in [6, 6.07) is 7.55. The van der Waals surface area contributed by atoms with Gasteiger partial charge < -0.3 is 9.64 Å². The van der Waals surface area contributed by atoms with Crippen LogP contribution in [0.3, 0.4) is 0 Å². The molecule has 0 unspecified atom stereocenters. The van der Waals surface area contributed by atoms with E-state index in [2.05, 4.69) is 17.5 Å². The van der Waals surface area contributed by atoms with Gasteiger partial charge in [-0.2, -0.15) is 0 Å². The minimum absolute atomic E-state index is 0.183. The highest BCUT2D eigenvalue weighted by atomic mass is 32.1. The number of rotatable bonds is 2. The first kappa shape index (κ1) is 10.5. The van der Waals surface area contributed by atoms with Crippen LogP contribution in [0.4, 0.5) is 5.69 Å². The molecule has 2 rings (SSSR count). The van der Waals surface area contributed by atoms with Crippen LogP contribution in [0.15, 0.2) is 24.3 Å². The van der Waals surface area contributed by atoms with E-state index in [1.165, 1.54) is 0 Å². The van der Waals surface area contributed by atoms with Crippen molar-refractivity contribution in [3.05, 3.63) is 29.8 Å². The van der Waals surface area contributed by atoms with E-state index in [1.54, 1.807) is 6.07 Å². The Labute approximate surface area is 94.4 Å². The second kappa shape index (κ2) is 4.68. The molecule has 0 amide bonds. The van der Waals surface area contributed by atoms with Crippen LogP contribution >= 0.6 is 12.6 Å². The van der Waals surface area contributed by atoms with E-state index in [4.69, 9.17) is 4.74 Å². The molecular weight excluding hydrogens is 210 g/mol. The van der Waals surface area contributed by atoms with Gasteiger partial charge in [-0.25, -0.2) is 0 Å². The highest BCUT2D eigenvalue weighted by Crippen LogP contribution is 2.22. The Morgan fingerprint density at radius 1 is 1.27 bits per heavy atom. The first-order chi connectivity index (χ1) is 7.29. The number of anilines is 1. The number of morpholine rings is 1. The van der Waals surface area contributed by atoms with Gasteiger partial charge in [0.05, 0.1) is 18.8 Å². The lowest BCUT2D eigenvalue weighted by molar-refractivity contribution is 0.108. The van der Waals surface area contributed by atoms with Gasteiger partial charge in [-0.05, 0) is 12.1 Å². The Balaban J connectivity index is 2.29. The number of para-hydroxylation sites is 1. The third kappa shape index (κ3) is 2.33. The summed E-state index contributed by atoms with van der Waals surface area (Å²) in [6.45, 7) is 3.10. The van der Waals surface area contributed by atoms with Crippen LogP contribution in [0.1, 0.15) is 10.4 Å². The van der Waals surface area contributed by atoms with Crippen molar-refractivity contribution in [2.45, 2.75) is 0 Å². The lowest BCUT2D eigenvalue weighted by atomic mass is 10.1. The topological polar surface area (TPSA) is 29.5 Å². The summed E-state index contributed by atoms with van der Waals surface area (Å²) >= 11 is 3.88. The molecule has 4 heteroatoms. The quantitative estimate of drug-likeness (QED) is 0.772. The zero-order chi connectivity index (χ0) is 10.7. The molecule has 1 fully saturated rings. The van der Waals surface area contributed by atoms with Gasteiger partial charge in [-0.1, -0.05) is 12.1 Å². The van der Waals surface area contributed by atoms with Gasteiger partial charge in [0.2, 0.25) is 5.12 Å². The fourth-order valence-corrected chi connectivity index (χ4v) is 1.92. The summed E-state index contributed by atoms with van der Waals surface area (Å²) in [4.78, 5) is 13.5. The van der Waals surface area contributed by atoms with Crippen molar-refractivity contribution < 1.29 is 9.53 Å². The number of hydrogen-bond donors (Lipinski definition) is 1. The van der Waals surface area contributed by atoms with Crippen LogP contribution in [-0.4, -0.2) is 31.4 Å². The molecule has 1 aliphatic rings. The van der Waals surface area contributed by atoms with Crippen LogP contribution in [0.25, 0.3) is 0 Å². The fraction of sp³-hybridized carbons (Fsp3) is 0.364. The predicted molar refractivity (Wildman–Crippen MR) is 62.8 cm³/mol. The Kier molecular flexibility index (Phi) is 3.28. The van der Waals surface area contributed by atoms with E-state index in [0.29, 0.717) is 5.56 Å². The molecule has 3 nitrogen and oxygen atoms in total. The van der Waals surface area contributed by atoms with Gasteiger partial charge in [-0.15, -0.1) is 12.6 Å². The largest absolute Gasteiger partial charge is 0.378 e. The van der Waals surface area contributed by atoms with Gasteiger partial charge in [-0.3, -0.25) is 4.79 Å². The molecule has 0 bridgehead atoms. The van der Waals surface area contributed by atoms with Crippen LogP contribution < -0.4 is 4.90 Å². The van der Waals surface area contributed by atoms with Crippen molar-refractivity contribution in [2.75, 3.05) is 31.2 Å². The maximum absolute atomic E-state index is 11.3. The molecule has 1 aliphatic heterocycles. The zero-order valence-corrected chi connectivity index (χ0v) is 9.24. The highest BCUT2D eigenvalue weighted by molar-refractivity contribution is 7.97. The molecule has 80 valence electrons.